The molecule has 1 aromatic rings. The molecule has 2 fully saturated rings. The van der Waals surface area contributed by atoms with E-state index in [0.717, 1.165) is 25.5 Å². The van der Waals surface area contributed by atoms with Gasteiger partial charge in [0.1, 0.15) is 12.0 Å². The number of fused-ring (bicyclic) bond motifs is 1. The zero-order chi connectivity index (χ0) is 13.4. The third kappa shape index (κ3) is 2.44. The Hall–Kier alpha value is -1.21. The maximum atomic E-state index is 10.7. The number of hydrogen-bond acceptors (Lipinski definition) is 5. The van der Waals surface area contributed by atoms with Crippen LogP contribution in [0.2, 0.25) is 0 Å². The summed E-state index contributed by atoms with van der Waals surface area (Å²) in [6.45, 7) is 2.99. The average molecular weight is 327 g/mol. The van der Waals surface area contributed by atoms with E-state index >= 15 is 0 Å². The molecule has 19 heavy (non-hydrogen) atoms. The lowest BCUT2D eigenvalue weighted by atomic mass is 9.94. The van der Waals surface area contributed by atoms with Crippen molar-refractivity contribution in [3.63, 3.8) is 0 Å². The van der Waals surface area contributed by atoms with Gasteiger partial charge >= 0.3 is 0 Å². The van der Waals surface area contributed by atoms with Crippen molar-refractivity contribution in [2.75, 3.05) is 24.5 Å². The molecule has 2 aliphatic heterocycles. The van der Waals surface area contributed by atoms with Gasteiger partial charge < -0.3 is 10.2 Å². The average Bonchev–Trinajstić information content (AvgIpc) is 2.81. The molecule has 6 nitrogen and oxygen atoms in total. The van der Waals surface area contributed by atoms with Crippen LogP contribution in [0.15, 0.2) is 16.7 Å². The Labute approximate surface area is 119 Å². The fourth-order valence-corrected chi connectivity index (χ4v) is 3.56. The van der Waals surface area contributed by atoms with Gasteiger partial charge in [0.2, 0.25) is 0 Å². The van der Waals surface area contributed by atoms with E-state index in [4.69, 9.17) is 0 Å². The molecule has 0 spiro atoms. The quantitative estimate of drug-likeness (QED) is 0.664. The van der Waals surface area contributed by atoms with Crippen LogP contribution in [0.3, 0.4) is 0 Å². The van der Waals surface area contributed by atoms with Gasteiger partial charge in [-0.3, -0.25) is 10.1 Å². The maximum absolute atomic E-state index is 10.7. The first-order valence-electron chi connectivity index (χ1n) is 6.43. The SMILES string of the molecule is O=[N+]([O-])c1cnc(N2C[C@@H]3CCCN[C@@H]3C2)c(Br)c1. The van der Waals surface area contributed by atoms with Crippen molar-refractivity contribution in [2.45, 2.75) is 18.9 Å². The van der Waals surface area contributed by atoms with E-state index in [9.17, 15) is 10.1 Å². The smallest absolute Gasteiger partial charge is 0.288 e. The van der Waals surface area contributed by atoms with Gasteiger partial charge in [-0.15, -0.1) is 0 Å². The summed E-state index contributed by atoms with van der Waals surface area (Å²) < 4.78 is 0.695. The van der Waals surface area contributed by atoms with E-state index in [1.807, 2.05) is 0 Å². The summed E-state index contributed by atoms with van der Waals surface area (Å²) in [7, 11) is 0. The monoisotopic (exact) mass is 326 g/mol. The van der Waals surface area contributed by atoms with Crippen LogP contribution in [0, 0.1) is 16.0 Å². The molecule has 0 aromatic carbocycles. The Morgan fingerprint density at radius 1 is 1.53 bits per heavy atom. The first-order valence-corrected chi connectivity index (χ1v) is 7.22. The molecule has 2 aliphatic rings. The summed E-state index contributed by atoms with van der Waals surface area (Å²) in [5, 5.41) is 14.2. The van der Waals surface area contributed by atoms with Crippen LogP contribution < -0.4 is 10.2 Å². The zero-order valence-corrected chi connectivity index (χ0v) is 12.0. The Bertz CT molecular complexity index is 497. The van der Waals surface area contributed by atoms with E-state index < -0.39 is 4.92 Å². The minimum Gasteiger partial charge on any atom is -0.354 e. The molecule has 0 aliphatic carbocycles. The van der Waals surface area contributed by atoms with Crippen molar-refractivity contribution in [3.05, 3.63) is 26.9 Å². The van der Waals surface area contributed by atoms with Crippen LogP contribution in [0.25, 0.3) is 0 Å². The number of nitrogens with zero attached hydrogens (tertiary/aromatic N) is 3. The molecule has 1 N–H and O–H groups in total. The van der Waals surface area contributed by atoms with Crippen molar-refractivity contribution in [1.29, 1.82) is 0 Å². The number of nitrogens with one attached hydrogen (secondary N) is 1. The third-order valence-electron chi connectivity index (χ3n) is 3.92. The maximum Gasteiger partial charge on any atom is 0.288 e. The van der Waals surface area contributed by atoms with Gasteiger partial charge in [-0.05, 0) is 41.2 Å². The minimum atomic E-state index is -0.424. The predicted molar refractivity (Wildman–Crippen MR) is 75.3 cm³/mol. The number of anilines is 1. The summed E-state index contributed by atoms with van der Waals surface area (Å²) >= 11 is 3.40. The fourth-order valence-electron chi connectivity index (χ4n) is 2.97. The number of nitro groups is 1. The number of halogens is 1. The fraction of sp³-hybridized carbons (Fsp3) is 0.583. The first kappa shape index (κ1) is 12.8. The second-order valence-electron chi connectivity index (χ2n) is 5.12. The molecule has 3 heterocycles. The van der Waals surface area contributed by atoms with Gasteiger partial charge in [0.05, 0.1) is 9.40 Å². The standard InChI is InChI=1S/C12H15BrN4O2/c13-10-4-9(17(18)19)5-15-12(10)16-6-8-2-1-3-14-11(8)7-16/h4-5,8,11,14H,1-3,6-7H2/t8-,11+/m0/s1. The molecule has 3 rings (SSSR count). The molecule has 0 saturated carbocycles. The highest BCUT2D eigenvalue weighted by Gasteiger charge is 2.35. The molecule has 0 bridgehead atoms. The summed E-state index contributed by atoms with van der Waals surface area (Å²) in [5.74, 6) is 1.47. The molecule has 1 aromatic heterocycles. The van der Waals surface area contributed by atoms with Gasteiger partial charge in [0, 0.05) is 25.2 Å². The molecule has 2 saturated heterocycles. The van der Waals surface area contributed by atoms with Gasteiger partial charge in [-0.25, -0.2) is 4.98 Å². The lowest BCUT2D eigenvalue weighted by molar-refractivity contribution is -0.385. The van der Waals surface area contributed by atoms with Crippen LogP contribution >= 0.6 is 15.9 Å². The number of aromatic nitrogens is 1. The first-order chi connectivity index (χ1) is 9.15. The van der Waals surface area contributed by atoms with Crippen LogP contribution in [-0.4, -0.2) is 35.6 Å². The number of piperidine rings is 1. The lowest BCUT2D eigenvalue weighted by Gasteiger charge is -2.24. The van der Waals surface area contributed by atoms with Gasteiger partial charge in [0.25, 0.3) is 5.69 Å². The topological polar surface area (TPSA) is 71.3 Å². The van der Waals surface area contributed by atoms with Crippen molar-refractivity contribution in [1.82, 2.24) is 10.3 Å². The number of pyridine rings is 1. The van der Waals surface area contributed by atoms with Gasteiger partial charge in [-0.1, -0.05) is 0 Å². The summed E-state index contributed by atoms with van der Waals surface area (Å²) in [4.78, 5) is 16.7. The molecular formula is C12H15BrN4O2. The third-order valence-corrected chi connectivity index (χ3v) is 4.50. The van der Waals surface area contributed by atoms with Crippen molar-refractivity contribution >= 4 is 27.4 Å². The van der Waals surface area contributed by atoms with Gasteiger partial charge in [0.15, 0.2) is 0 Å². The van der Waals surface area contributed by atoms with Crippen LogP contribution in [0.4, 0.5) is 11.5 Å². The van der Waals surface area contributed by atoms with E-state index in [1.54, 1.807) is 0 Å². The second-order valence-corrected chi connectivity index (χ2v) is 5.98. The largest absolute Gasteiger partial charge is 0.354 e. The lowest BCUT2D eigenvalue weighted by Crippen LogP contribution is -2.40. The molecule has 0 unspecified atom stereocenters. The van der Waals surface area contributed by atoms with E-state index in [1.165, 1.54) is 25.1 Å². The van der Waals surface area contributed by atoms with Crippen LogP contribution in [-0.2, 0) is 0 Å². The number of rotatable bonds is 2. The molecule has 0 radical (unpaired) electrons. The number of hydrogen-bond donors (Lipinski definition) is 1. The Morgan fingerprint density at radius 3 is 3.05 bits per heavy atom. The molecule has 7 heteroatoms. The zero-order valence-electron chi connectivity index (χ0n) is 10.4. The highest BCUT2D eigenvalue weighted by molar-refractivity contribution is 9.10. The van der Waals surface area contributed by atoms with Crippen LogP contribution in [0.5, 0.6) is 0 Å². The second kappa shape index (κ2) is 5.05. The predicted octanol–water partition coefficient (Wildman–Crippen LogP) is 1.94. The highest BCUT2D eigenvalue weighted by Crippen LogP contribution is 2.33. The van der Waals surface area contributed by atoms with Crippen LogP contribution in [0.1, 0.15) is 12.8 Å². The molecule has 0 amide bonds. The van der Waals surface area contributed by atoms with E-state index in [0.29, 0.717) is 16.4 Å². The molecular weight excluding hydrogens is 312 g/mol. The van der Waals surface area contributed by atoms with Crippen molar-refractivity contribution in [3.8, 4) is 0 Å². The van der Waals surface area contributed by atoms with Crippen molar-refractivity contribution < 1.29 is 4.92 Å². The molecule has 2 atom stereocenters. The Kier molecular flexibility index (Phi) is 3.40. The molecule has 102 valence electrons. The summed E-state index contributed by atoms with van der Waals surface area (Å²) in [6, 6.07) is 2.05. The normalized spacial score (nSPS) is 26.3. The highest BCUT2D eigenvalue weighted by atomic mass is 79.9. The summed E-state index contributed by atoms with van der Waals surface area (Å²) in [6.07, 6.45) is 3.80. The van der Waals surface area contributed by atoms with Crippen molar-refractivity contribution in [2.24, 2.45) is 5.92 Å². The van der Waals surface area contributed by atoms with E-state index in [-0.39, 0.29) is 5.69 Å². The Morgan fingerprint density at radius 2 is 2.37 bits per heavy atom. The summed E-state index contributed by atoms with van der Waals surface area (Å²) in [5.41, 5.74) is 0.0189. The Balaban J connectivity index is 1.81. The van der Waals surface area contributed by atoms with E-state index in [2.05, 4.69) is 31.1 Å². The minimum absolute atomic E-state index is 0.0189. The van der Waals surface area contributed by atoms with Gasteiger partial charge in [-0.2, -0.15) is 0 Å².